The van der Waals surface area contributed by atoms with Crippen molar-refractivity contribution in [2.45, 2.75) is 39.5 Å². The molecular weight excluding hydrogens is 646 g/mol. The molecular formula is C37H38BrN3O5. The largest absolute Gasteiger partial charge is 0.496 e. The van der Waals surface area contributed by atoms with E-state index < -0.39 is 5.97 Å². The van der Waals surface area contributed by atoms with Crippen molar-refractivity contribution in [1.82, 2.24) is 0 Å². The zero-order chi connectivity index (χ0) is 32.8. The molecule has 0 aliphatic carbocycles. The smallest absolute Gasteiger partial charge is 0.341 e. The zero-order valence-corrected chi connectivity index (χ0v) is 28.1. The first-order valence-corrected chi connectivity index (χ1v) is 16.1. The van der Waals surface area contributed by atoms with Gasteiger partial charge < -0.3 is 14.4 Å². The van der Waals surface area contributed by atoms with E-state index in [1.807, 2.05) is 67.6 Å². The van der Waals surface area contributed by atoms with Crippen LogP contribution in [0.15, 0.2) is 83.3 Å². The predicted molar refractivity (Wildman–Crippen MR) is 186 cm³/mol. The van der Waals surface area contributed by atoms with E-state index in [-0.39, 0.29) is 23.7 Å². The van der Waals surface area contributed by atoms with Crippen molar-refractivity contribution in [3.05, 3.63) is 106 Å². The van der Waals surface area contributed by atoms with E-state index in [0.29, 0.717) is 21.3 Å². The maximum atomic E-state index is 14.4. The average Bonchev–Trinajstić information content (AvgIpc) is 3.08. The Morgan fingerprint density at radius 2 is 1.54 bits per heavy atom. The third-order valence-corrected chi connectivity index (χ3v) is 8.99. The molecule has 1 fully saturated rings. The number of nitrogens with zero attached hydrogens (tertiary/aromatic N) is 2. The van der Waals surface area contributed by atoms with Crippen molar-refractivity contribution >= 4 is 50.7 Å². The van der Waals surface area contributed by atoms with Crippen LogP contribution in [-0.2, 0) is 16.0 Å². The van der Waals surface area contributed by atoms with Crippen molar-refractivity contribution in [2.75, 3.05) is 42.6 Å². The number of hydrogen-bond acceptors (Lipinski definition) is 7. The summed E-state index contributed by atoms with van der Waals surface area (Å²) in [6.45, 7) is 5.42. The van der Waals surface area contributed by atoms with Gasteiger partial charge in [0.05, 0.1) is 37.7 Å². The highest BCUT2D eigenvalue weighted by molar-refractivity contribution is 9.10. The Balaban J connectivity index is 1.51. The lowest BCUT2D eigenvalue weighted by Gasteiger charge is -2.35. The number of hydrogen-bond donors (Lipinski definition) is 1. The molecule has 0 spiro atoms. The number of halogens is 1. The van der Waals surface area contributed by atoms with Crippen LogP contribution in [0.1, 0.15) is 58.0 Å². The Morgan fingerprint density at radius 1 is 0.891 bits per heavy atom. The standard InChI is InChI=1S/C37H38BrN3O5/c1-24-9-8-10-33(40-19-6-5-7-20-40)36(24)41(35(43)22-29-21-34(45-3)31(23-32(29)38)37(44)46-4)39-30-17-15-28(16-18-30)27-13-11-26(12-14-27)25(2)42/h8-18,21,23,39H,5-7,19-20,22H2,1-4H3. The lowest BCUT2D eigenvalue weighted by molar-refractivity contribution is -0.117. The third kappa shape index (κ3) is 7.26. The summed E-state index contributed by atoms with van der Waals surface area (Å²) >= 11 is 3.56. The molecule has 0 aromatic heterocycles. The van der Waals surface area contributed by atoms with Gasteiger partial charge in [-0.25, -0.2) is 9.80 Å². The number of piperidine rings is 1. The summed E-state index contributed by atoms with van der Waals surface area (Å²) in [5.41, 5.74) is 10.5. The van der Waals surface area contributed by atoms with Gasteiger partial charge in [-0.3, -0.25) is 15.0 Å². The predicted octanol–water partition coefficient (Wildman–Crippen LogP) is 8.02. The number of carbonyl (C=O) groups excluding carboxylic acids is 3. The molecule has 8 nitrogen and oxygen atoms in total. The fraction of sp³-hybridized carbons (Fsp3) is 0.270. The molecule has 1 saturated heterocycles. The van der Waals surface area contributed by atoms with E-state index in [1.54, 1.807) is 24.1 Å². The van der Waals surface area contributed by atoms with Crippen molar-refractivity contribution in [3.8, 4) is 16.9 Å². The highest BCUT2D eigenvalue weighted by Crippen LogP contribution is 2.36. The molecule has 9 heteroatoms. The molecule has 238 valence electrons. The normalized spacial score (nSPS) is 12.8. The van der Waals surface area contributed by atoms with E-state index >= 15 is 0 Å². The zero-order valence-electron chi connectivity index (χ0n) is 26.6. The van der Waals surface area contributed by atoms with Crippen LogP contribution in [0.5, 0.6) is 5.75 Å². The van der Waals surface area contributed by atoms with Gasteiger partial charge in [0.1, 0.15) is 11.3 Å². The SMILES string of the molecule is COC(=O)c1cc(Br)c(CC(=O)N(Nc2ccc(-c3ccc(C(C)=O)cc3)cc2)c2c(C)cccc2N2CCCCC2)cc1OC. The van der Waals surface area contributed by atoms with Gasteiger partial charge in [-0.15, -0.1) is 0 Å². The van der Waals surface area contributed by atoms with Crippen molar-refractivity contribution in [2.24, 2.45) is 0 Å². The van der Waals surface area contributed by atoms with Crippen molar-refractivity contribution in [1.29, 1.82) is 0 Å². The van der Waals surface area contributed by atoms with Crippen molar-refractivity contribution in [3.63, 3.8) is 0 Å². The summed E-state index contributed by atoms with van der Waals surface area (Å²) in [6, 6.07) is 24.8. The maximum absolute atomic E-state index is 14.4. The minimum Gasteiger partial charge on any atom is -0.496 e. The molecule has 1 aliphatic heterocycles. The number of amides is 1. The molecule has 4 aromatic rings. The number of Topliss-reactive ketones (excluding diaryl/α,β-unsaturated/α-hetero) is 1. The van der Waals surface area contributed by atoms with Crippen LogP contribution in [0.4, 0.5) is 17.1 Å². The number of anilines is 3. The van der Waals surface area contributed by atoms with E-state index in [2.05, 4.69) is 32.3 Å². The summed E-state index contributed by atoms with van der Waals surface area (Å²) in [4.78, 5) is 40.8. The van der Waals surface area contributed by atoms with Gasteiger partial charge in [-0.1, -0.05) is 64.5 Å². The Hall–Kier alpha value is -4.63. The fourth-order valence-corrected chi connectivity index (χ4v) is 6.23. The van der Waals surface area contributed by atoms with Crippen LogP contribution in [0, 0.1) is 6.92 Å². The number of para-hydroxylation sites is 1. The number of aryl methyl sites for hydroxylation is 1. The van der Waals surface area contributed by atoms with Crippen LogP contribution in [0.25, 0.3) is 11.1 Å². The molecule has 5 rings (SSSR count). The molecule has 0 radical (unpaired) electrons. The molecule has 4 aromatic carbocycles. The van der Waals surface area contributed by atoms with Gasteiger partial charge in [0.15, 0.2) is 5.78 Å². The Morgan fingerprint density at radius 3 is 2.15 bits per heavy atom. The average molecular weight is 685 g/mol. The van der Waals surface area contributed by atoms with Crippen LogP contribution < -0.4 is 20.1 Å². The van der Waals surface area contributed by atoms with Crippen LogP contribution in [0.2, 0.25) is 0 Å². The van der Waals surface area contributed by atoms with Crippen LogP contribution in [-0.4, -0.2) is 45.0 Å². The number of nitrogens with one attached hydrogen (secondary N) is 1. The van der Waals surface area contributed by atoms with E-state index in [4.69, 9.17) is 9.47 Å². The van der Waals surface area contributed by atoms with E-state index in [1.165, 1.54) is 20.6 Å². The van der Waals surface area contributed by atoms with Crippen LogP contribution >= 0.6 is 15.9 Å². The third-order valence-electron chi connectivity index (χ3n) is 8.25. The lowest BCUT2D eigenvalue weighted by Crippen LogP contribution is -2.40. The number of benzene rings is 4. The molecule has 1 amide bonds. The summed E-state index contributed by atoms with van der Waals surface area (Å²) in [5, 5.41) is 1.64. The number of esters is 1. The highest BCUT2D eigenvalue weighted by atomic mass is 79.9. The summed E-state index contributed by atoms with van der Waals surface area (Å²) < 4.78 is 11.0. The molecule has 0 saturated carbocycles. The monoisotopic (exact) mass is 683 g/mol. The second-order valence-corrected chi connectivity index (χ2v) is 12.2. The summed E-state index contributed by atoms with van der Waals surface area (Å²) in [6.07, 6.45) is 3.42. The Bertz CT molecular complexity index is 1730. The molecule has 1 heterocycles. The van der Waals surface area contributed by atoms with Gasteiger partial charge in [0.2, 0.25) is 5.91 Å². The van der Waals surface area contributed by atoms with Gasteiger partial charge in [0, 0.05) is 23.1 Å². The number of rotatable bonds is 10. The summed E-state index contributed by atoms with van der Waals surface area (Å²) in [5.74, 6) is -0.358. The number of carbonyl (C=O) groups is 3. The molecule has 0 atom stereocenters. The summed E-state index contributed by atoms with van der Waals surface area (Å²) in [7, 11) is 2.80. The quantitative estimate of drug-likeness (QED) is 0.103. The second-order valence-electron chi connectivity index (χ2n) is 11.4. The van der Waals surface area contributed by atoms with Gasteiger partial charge in [-0.05, 0) is 85.7 Å². The molecule has 1 N–H and O–H groups in total. The molecule has 1 aliphatic rings. The number of hydrazine groups is 1. The minimum absolute atomic E-state index is 0.0275. The first-order chi connectivity index (χ1) is 22.2. The topological polar surface area (TPSA) is 88.2 Å². The first kappa shape index (κ1) is 32.8. The lowest BCUT2D eigenvalue weighted by atomic mass is 10.0. The Kier molecular flexibility index (Phi) is 10.4. The van der Waals surface area contributed by atoms with Gasteiger partial charge >= 0.3 is 5.97 Å². The molecule has 0 unspecified atom stereocenters. The highest BCUT2D eigenvalue weighted by Gasteiger charge is 2.26. The minimum atomic E-state index is -0.525. The fourth-order valence-electron chi connectivity index (χ4n) is 5.74. The van der Waals surface area contributed by atoms with Crippen molar-refractivity contribution < 1.29 is 23.9 Å². The molecule has 46 heavy (non-hydrogen) atoms. The second kappa shape index (κ2) is 14.6. The number of ether oxygens (including phenoxy) is 2. The maximum Gasteiger partial charge on any atom is 0.341 e. The first-order valence-electron chi connectivity index (χ1n) is 15.3. The number of methoxy groups -OCH3 is 2. The van der Waals surface area contributed by atoms with Gasteiger partial charge in [-0.2, -0.15) is 0 Å². The number of ketones is 1. The van der Waals surface area contributed by atoms with Crippen LogP contribution in [0.3, 0.4) is 0 Å². The van der Waals surface area contributed by atoms with E-state index in [9.17, 15) is 14.4 Å². The molecule has 0 bridgehead atoms. The Labute approximate surface area is 278 Å². The van der Waals surface area contributed by atoms with E-state index in [0.717, 1.165) is 59.7 Å². The van der Waals surface area contributed by atoms with Gasteiger partial charge in [0.25, 0.3) is 0 Å².